The van der Waals surface area contributed by atoms with Crippen molar-refractivity contribution < 1.29 is 4.79 Å². The quantitative estimate of drug-likeness (QED) is 0.862. The number of aryl methyl sites for hydroxylation is 2. The van der Waals surface area contributed by atoms with Gasteiger partial charge in [-0.1, -0.05) is 29.8 Å². The smallest absolute Gasteiger partial charge is 0.233 e. The molecule has 1 aliphatic carbocycles. The largest absolute Gasteiger partial charge is 0.339 e. The lowest BCUT2D eigenvalue weighted by atomic mass is 9.92. The number of piperazine rings is 1. The van der Waals surface area contributed by atoms with Crippen LogP contribution >= 0.6 is 0 Å². The minimum atomic E-state index is -0.284. The zero-order valence-corrected chi connectivity index (χ0v) is 15.3. The average molecular weight is 338 g/mol. The fraction of sp³-hybridized carbons (Fsp3) is 0.500. The minimum absolute atomic E-state index is 0.158. The van der Waals surface area contributed by atoms with Crippen molar-refractivity contribution >= 4 is 5.91 Å². The molecule has 4 rings (SSSR count). The van der Waals surface area contributed by atoms with E-state index in [2.05, 4.69) is 57.6 Å². The van der Waals surface area contributed by atoms with Gasteiger partial charge in [-0.25, -0.2) is 4.98 Å². The molecular formula is C20H26N4O. The number of benzene rings is 1. The molecule has 2 fully saturated rings. The Morgan fingerprint density at radius 1 is 1.24 bits per heavy atom. The zero-order chi connectivity index (χ0) is 17.6. The van der Waals surface area contributed by atoms with E-state index in [1.165, 1.54) is 11.1 Å². The number of rotatable bonds is 3. The van der Waals surface area contributed by atoms with Gasteiger partial charge >= 0.3 is 0 Å². The van der Waals surface area contributed by atoms with Crippen molar-refractivity contribution in [2.75, 3.05) is 26.7 Å². The summed E-state index contributed by atoms with van der Waals surface area (Å²) in [5.74, 6) is 1.32. The van der Waals surface area contributed by atoms with Gasteiger partial charge in [-0.05, 0) is 32.4 Å². The number of imidazole rings is 1. The highest BCUT2D eigenvalue weighted by Gasteiger charge is 2.53. The van der Waals surface area contributed by atoms with Crippen LogP contribution in [0.4, 0.5) is 0 Å². The van der Waals surface area contributed by atoms with E-state index in [4.69, 9.17) is 0 Å². The summed E-state index contributed by atoms with van der Waals surface area (Å²) in [5.41, 5.74) is 2.12. The molecule has 1 aliphatic heterocycles. The second-order valence-corrected chi connectivity index (χ2v) is 7.60. The van der Waals surface area contributed by atoms with Crippen LogP contribution in [0.25, 0.3) is 0 Å². The number of amides is 1. The highest BCUT2D eigenvalue weighted by atomic mass is 16.2. The second-order valence-electron chi connectivity index (χ2n) is 7.60. The molecule has 1 atom stereocenters. The van der Waals surface area contributed by atoms with Gasteiger partial charge in [0.2, 0.25) is 5.91 Å². The molecule has 1 saturated heterocycles. The van der Waals surface area contributed by atoms with Crippen LogP contribution in [-0.4, -0.2) is 51.9 Å². The number of carbonyl (C=O) groups excluding carboxylic acids is 1. The SMILES string of the molecule is Cc1cccc(C2(C(=O)N3CCN(C)C(c4nccn4C)C3)CC2)c1. The van der Waals surface area contributed by atoms with E-state index in [9.17, 15) is 4.79 Å². The van der Waals surface area contributed by atoms with Crippen LogP contribution in [0.15, 0.2) is 36.7 Å². The Balaban J connectivity index is 1.57. The van der Waals surface area contributed by atoms with Crippen molar-refractivity contribution in [2.24, 2.45) is 7.05 Å². The molecule has 1 aromatic carbocycles. The van der Waals surface area contributed by atoms with Crippen LogP contribution in [0.5, 0.6) is 0 Å². The van der Waals surface area contributed by atoms with E-state index in [-0.39, 0.29) is 11.5 Å². The number of nitrogens with zero attached hydrogens (tertiary/aromatic N) is 4. The van der Waals surface area contributed by atoms with E-state index in [0.29, 0.717) is 12.5 Å². The Hall–Kier alpha value is -2.14. The van der Waals surface area contributed by atoms with Gasteiger partial charge in [0.1, 0.15) is 5.82 Å². The van der Waals surface area contributed by atoms with E-state index in [0.717, 1.165) is 31.8 Å². The molecule has 5 heteroatoms. The summed E-state index contributed by atoms with van der Waals surface area (Å²) in [5, 5.41) is 0. The van der Waals surface area contributed by atoms with Crippen molar-refractivity contribution in [1.82, 2.24) is 19.4 Å². The van der Waals surface area contributed by atoms with Crippen molar-refractivity contribution in [1.29, 1.82) is 0 Å². The first-order valence-electron chi connectivity index (χ1n) is 9.05. The summed E-state index contributed by atoms with van der Waals surface area (Å²) in [7, 11) is 4.14. The normalized spacial score (nSPS) is 22.8. The molecule has 2 aromatic rings. The van der Waals surface area contributed by atoms with Crippen molar-refractivity contribution in [3.63, 3.8) is 0 Å². The van der Waals surface area contributed by atoms with Crippen LogP contribution in [0.3, 0.4) is 0 Å². The maximum atomic E-state index is 13.4. The van der Waals surface area contributed by atoms with Crippen LogP contribution in [0.2, 0.25) is 0 Å². The Morgan fingerprint density at radius 3 is 2.68 bits per heavy atom. The Morgan fingerprint density at radius 2 is 2.04 bits per heavy atom. The Labute approximate surface area is 149 Å². The molecular weight excluding hydrogens is 312 g/mol. The predicted molar refractivity (Wildman–Crippen MR) is 97.3 cm³/mol. The number of likely N-dealkylation sites (N-methyl/N-ethyl adjacent to an activating group) is 1. The first-order valence-corrected chi connectivity index (χ1v) is 9.05. The van der Waals surface area contributed by atoms with Gasteiger partial charge in [0.05, 0.1) is 11.5 Å². The monoisotopic (exact) mass is 338 g/mol. The molecule has 0 radical (unpaired) electrons. The summed E-state index contributed by atoms with van der Waals surface area (Å²) in [4.78, 5) is 22.3. The summed E-state index contributed by atoms with van der Waals surface area (Å²) in [6.45, 7) is 4.49. The topological polar surface area (TPSA) is 41.4 Å². The summed E-state index contributed by atoms with van der Waals surface area (Å²) >= 11 is 0. The van der Waals surface area contributed by atoms with E-state index < -0.39 is 0 Å². The molecule has 0 bridgehead atoms. The molecule has 2 heterocycles. The number of hydrogen-bond acceptors (Lipinski definition) is 3. The van der Waals surface area contributed by atoms with Gasteiger partial charge in [0.15, 0.2) is 0 Å². The van der Waals surface area contributed by atoms with Gasteiger partial charge in [-0.15, -0.1) is 0 Å². The van der Waals surface area contributed by atoms with Gasteiger partial charge in [0, 0.05) is 39.1 Å². The maximum absolute atomic E-state index is 13.4. The fourth-order valence-electron chi connectivity index (χ4n) is 4.03. The van der Waals surface area contributed by atoms with Gasteiger partial charge in [0.25, 0.3) is 0 Å². The fourth-order valence-corrected chi connectivity index (χ4v) is 4.03. The summed E-state index contributed by atoms with van der Waals surface area (Å²) in [6.07, 6.45) is 5.74. The molecule has 2 aliphatic rings. The lowest BCUT2D eigenvalue weighted by molar-refractivity contribution is -0.137. The molecule has 25 heavy (non-hydrogen) atoms. The minimum Gasteiger partial charge on any atom is -0.339 e. The maximum Gasteiger partial charge on any atom is 0.233 e. The third kappa shape index (κ3) is 2.76. The predicted octanol–water partition coefficient (Wildman–Crippen LogP) is 2.28. The van der Waals surface area contributed by atoms with Gasteiger partial charge < -0.3 is 9.47 Å². The number of aromatic nitrogens is 2. The molecule has 132 valence electrons. The van der Waals surface area contributed by atoms with Crippen LogP contribution < -0.4 is 0 Å². The number of hydrogen-bond donors (Lipinski definition) is 0. The van der Waals surface area contributed by atoms with Crippen molar-refractivity contribution in [3.8, 4) is 0 Å². The lowest BCUT2D eigenvalue weighted by Crippen LogP contribution is -2.52. The average Bonchev–Trinajstić information content (AvgIpc) is 3.31. The van der Waals surface area contributed by atoms with E-state index >= 15 is 0 Å². The Bertz CT molecular complexity index is 792. The summed E-state index contributed by atoms with van der Waals surface area (Å²) in [6, 6.07) is 8.61. The molecule has 1 aromatic heterocycles. The highest BCUT2D eigenvalue weighted by Crippen LogP contribution is 2.50. The zero-order valence-electron chi connectivity index (χ0n) is 15.3. The van der Waals surface area contributed by atoms with Crippen LogP contribution in [-0.2, 0) is 17.3 Å². The van der Waals surface area contributed by atoms with Gasteiger partial charge in [-0.3, -0.25) is 9.69 Å². The first-order chi connectivity index (χ1) is 12.0. The highest BCUT2D eigenvalue weighted by molar-refractivity contribution is 5.91. The first kappa shape index (κ1) is 16.3. The van der Waals surface area contributed by atoms with Crippen LogP contribution in [0, 0.1) is 6.92 Å². The molecule has 1 saturated carbocycles. The van der Waals surface area contributed by atoms with E-state index in [1.807, 2.05) is 19.4 Å². The van der Waals surface area contributed by atoms with Crippen molar-refractivity contribution in [3.05, 3.63) is 53.6 Å². The molecule has 5 nitrogen and oxygen atoms in total. The second kappa shape index (κ2) is 5.99. The molecule has 0 spiro atoms. The Kier molecular flexibility index (Phi) is 3.91. The van der Waals surface area contributed by atoms with E-state index in [1.54, 1.807) is 0 Å². The van der Waals surface area contributed by atoms with Crippen molar-refractivity contribution in [2.45, 2.75) is 31.2 Å². The third-order valence-electron chi connectivity index (χ3n) is 5.82. The van der Waals surface area contributed by atoms with Crippen LogP contribution in [0.1, 0.15) is 35.8 Å². The number of carbonyl (C=O) groups is 1. The molecule has 1 unspecified atom stereocenters. The third-order valence-corrected chi connectivity index (χ3v) is 5.82. The molecule has 0 N–H and O–H groups in total. The molecule has 1 amide bonds. The summed E-state index contributed by atoms with van der Waals surface area (Å²) < 4.78 is 2.06. The standard InChI is InChI=1S/C20H26N4O/c1-15-5-4-6-16(13-15)20(7-8-20)19(25)24-12-11-22(2)17(14-24)18-21-9-10-23(18)3/h4-6,9-10,13,17H,7-8,11-12,14H2,1-3H3. The van der Waals surface area contributed by atoms with Gasteiger partial charge in [-0.2, -0.15) is 0 Å². The lowest BCUT2D eigenvalue weighted by Gasteiger charge is -2.40.